The van der Waals surface area contributed by atoms with Gasteiger partial charge in [-0.15, -0.1) is 0 Å². The molecule has 154 valence electrons. The molecule has 0 atom stereocenters. The molecular weight excluding hydrogens is 376 g/mol. The quantitative estimate of drug-likeness (QED) is 0.680. The molecule has 1 aliphatic rings. The molecule has 4 rings (SSSR count). The van der Waals surface area contributed by atoms with Gasteiger partial charge in [-0.05, 0) is 54.3 Å². The first kappa shape index (κ1) is 20.0. The molecule has 30 heavy (non-hydrogen) atoms. The van der Waals surface area contributed by atoms with Gasteiger partial charge in [0.15, 0.2) is 0 Å². The van der Waals surface area contributed by atoms with Gasteiger partial charge in [0.1, 0.15) is 12.4 Å². The lowest BCUT2D eigenvalue weighted by Crippen LogP contribution is -2.26. The highest BCUT2D eigenvalue weighted by Crippen LogP contribution is 2.22. The van der Waals surface area contributed by atoms with Crippen molar-refractivity contribution in [1.82, 2.24) is 14.9 Å². The van der Waals surface area contributed by atoms with E-state index < -0.39 is 0 Å². The number of hydrogen-bond acceptors (Lipinski definition) is 5. The third kappa shape index (κ3) is 5.21. The minimum absolute atomic E-state index is 0.00234. The second-order valence-electron chi connectivity index (χ2n) is 7.56. The highest BCUT2D eigenvalue weighted by Gasteiger charge is 2.17. The van der Waals surface area contributed by atoms with Crippen LogP contribution in [0, 0.1) is 6.92 Å². The van der Waals surface area contributed by atoms with Crippen molar-refractivity contribution in [3.05, 3.63) is 83.4 Å². The van der Waals surface area contributed by atoms with Crippen molar-refractivity contribution in [2.24, 2.45) is 0 Å². The van der Waals surface area contributed by atoms with Crippen molar-refractivity contribution in [2.45, 2.75) is 32.9 Å². The number of benzene rings is 1. The van der Waals surface area contributed by atoms with Crippen LogP contribution in [0.2, 0.25) is 0 Å². The molecule has 3 heterocycles. The molecule has 0 aliphatic carbocycles. The third-order valence-corrected chi connectivity index (χ3v) is 5.28. The molecule has 2 aromatic heterocycles. The maximum absolute atomic E-state index is 12.2. The molecule has 0 saturated heterocycles. The lowest BCUT2D eigenvalue weighted by Gasteiger charge is -2.20. The summed E-state index contributed by atoms with van der Waals surface area (Å²) in [5, 5.41) is 2.89. The van der Waals surface area contributed by atoms with E-state index in [0.29, 0.717) is 19.4 Å². The van der Waals surface area contributed by atoms with Crippen LogP contribution < -0.4 is 10.1 Å². The molecule has 6 heteroatoms. The SMILES string of the molecule is Cc1ccc(CCC(=O)Nc2cccnc2)cc1CN1CCOc2cccnc2C1. The van der Waals surface area contributed by atoms with E-state index in [9.17, 15) is 4.79 Å². The topological polar surface area (TPSA) is 67.4 Å². The number of aryl methyl sites for hydroxylation is 2. The average molecular weight is 402 g/mol. The normalized spacial score (nSPS) is 13.8. The van der Waals surface area contributed by atoms with Crippen LogP contribution >= 0.6 is 0 Å². The van der Waals surface area contributed by atoms with E-state index in [2.05, 4.69) is 45.3 Å². The standard InChI is InChI=1S/C24H26N4O2/c1-18-6-7-19(8-9-24(29)27-21-4-2-10-25-15-21)14-20(18)16-28-12-13-30-23-5-3-11-26-22(23)17-28/h2-7,10-11,14-15H,8-9,12-13,16-17H2,1H3,(H,27,29). The fourth-order valence-electron chi connectivity index (χ4n) is 3.59. The van der Waals surface area contributed by atoms with Crippen molar-refractivity contribution >= 4 is 11.6 Å². The first-order valence-corrected chi connectivity index (χ1v) is 10.2. The number of fused-ring (bicyclic) bond motifs is 1. The van der Waals surface area contributed by atoms with E-state index in [1.807, 2.05) is 30.5 Å². The van der Waals surface area contributed by atoms with E-state index in [4.69, 9.17) is 4.74 Å². The molecule has 1 N–H and O–H groups in total. The van der Waals surface area contributed by atoms with Crippen molar-refractivity contribution in [3.63, 3.8) is 0 Å². The summed E-state index contributed by atoms with van der Waals surface area (Å²) in [4.78, 5) is 23.1. The fraction of sp³-hybridized carbons (Fsp3) is 0.292. The van der Waals surface area contributed by atoms with E-state index >= 15 is 0 Å². The molecule has 0 spiro atoms. The van der Waals surface area contributed by atoms with Gasteiger partial charge in [-0.1, -0.05) is 18.2 Å². The van der Waals surface area contributed by atoms with E-state index in [1.165, 1.54) is 16.7 Å². The van der Waals surface area contributed by atoms with E-state index in [1.54, 1.807) is 12.4 Å². The smallest absolute Gasteiger partial charge is 0.224 e. The first-order chi connectivity index (χ1) is 14.7. The van der Waals surface area contributed by atoms with Gasteiger partial charge in [-0.3, -0.25) is 19.7 Å². The zero-order valence-corrected chi connectivity index (χ0v) is 17.2. The highest BCUT2D eigenvalue weighted by molar-refractivity contribution is 5.90. The van der Waals surface area contributed by atoms with Gasteiger partial charge < -0.3 is 10.1 Å². The molecule has 1 aliphatic heterocycles. The molecular formula is C24H26N4O2. The van der Waals surface area contributed by atoms with Crippen LogP contribution in [0.15, 0.2) is 61.1 Å². The van der Waals surface area contributed by atoms with Gasteiger partial charge in [0.2, 0.25) is 5.91 Å². The summed E-state index contributed by atoms with van der Waals surface area (Å²) < 4.78 is 5.83. The summed E-state index contributed by atoms with van der Waals surface area (Å²) >= 11 is 0. The zero-order valence-electron chi connectivity index (χ0n) is 17.2. The van der Waals surface area contributed by atoms with E-state index in [0.717, 1.165) is 36.8 Å². The van der Waals surface area contributed by atoms with Gasteiger partial charge in [0.05, 0.1) is 17.6 Å². The Balaban J connectivity index is 1.38. The predicted molar refractivity (Wildman–Crippen MR) is 116 cm³/mol. The molecule has 1 amide bonds. The molecule has 1 aromatic carbocycles. The van der Waals surface area contributed by atoms with Crippen LogP contribution in [-0.2, 0) is 24.3 Å². The van der Waals surface area contributed by atoms with Crippen molar-refractivity contribution in [2.75, 3.05) is 18.5 Å². The number of carbonyl (C=O) groups is 1. The average Bonchev–Trinajstić information content (AvgIpc) is 2.97. The molecule has 0 radical (unpaired) electrons. The second kappa shape index (κ2) is 9.50. The molecule has 0 fully saturated rings. The number of pyridine rings is 2. The Morgan fingerprint density at radius 2 is 2.10 bits per heavy atom. The number of carbonyl (C=O) groups excluding carboxylic acids is 1. The lowest BCUT2D eigenvalue weighted by atomic mass is 10.0. The summed E-state index contributed by atoms with van der Waals surface area (Å²) in [5.41, 5.74) is 5.41. The molecule has 3 aromatic rings. The molecule has 0 saturated carbocycles. The summed E-state index contributed by atoms with van der Waals surface area (Å²) in [7, 11) is 0. The minimum atomic E-state index is -0.00234. The van der Waals surface area contributed by atoms with Gasteiger partial charge in [0, 0.05) is 38.4 Å². The van der Waals surface area contributed by atoms with Crippen LogP contribution in [-0.4, -0.2) is 33.9 Å². The Hall–Kier alpha value is -3.25. The van der Waals surface area contributed by atoms with Crippen molar-refractivity contribution in [1.29, 1.82) is 0 Å². The van der Waals surface area contributed by atoms with E-state index in [-0.39, 0.29) is 5.91 Å². The highest BCUT2D eigenvalue weighted by atomic mass is 16.5. The monoisotopic (exact) mass is 402 g/mol. The first-order valence-electron chi connectivity index (χ1n) is 10.2. The summed E-state index contributed by atoms with van der Waals surface area (Å²) in [6.45, 7) is 5.25. The summed E-state index contributed by atoms with van der Waals surface area (Å²) in [6, 6.07) is 14.0. The number of nitrogens with one attached hydrogen (secondary N) is 1. The van der Waals surface area contributed by atoms with Gasteiger partial charge in [-0.2, -0.15) is 0 Å². The third-order valence-electron chi connectivity index (χ3n) is 5.28. The molecule has 6 nitrogen and oxygen atoms in total. The number of anilines is 1. The van der Waals surface area contributed by atoms with Crippen LogP contribution in [0.3, 0.4) is 0 Å². The summed E-state index contributed by atoms with van der Waals surface area (Å²) in [6.07, 6.45) is 6.29. The van der Waals surface area contributed by atoms with Crippen molar-refractivity contribution < 1.29 is 9.53 Å². The minimum Gasteiger partial charge on any atom is -0.490 e. The Labute approximate surface area is 176 Å². The van der Waals surface area contributed by atoms with Gasteiger partial charge in [0.25, 0.3) is 0 Å². The van der Waals surface area contributed by atoms with Crippen LogP contribution in [0.25, 0.3) is 0 Å². The zero-order chi connectivity index (χ0) is 20.8. The maximum atomic E-state index is 12.2. The number of ether oxygens (including phenoxy) is 1. The number of hydrogen-bond donors (Lipinski definition) is 1. The predicted octanol–water partition coefficient (Wildman–Crippen LogP) is 3.75. The summed E-state index contributed by atoms with van der Waals surface area (Å²) in [5.74, 6) is 0.877. The molecule has 0 bridgehead atoms. The van der Waals surface area contributed by atoms with Crippen molar-refractivity contribution in [3.8, 4) is 5.75 Å². The largest absolute Gasteiger partial charge is 0.490 e. The Bertz CT molecular complexity index is 1010. The Kier molecular flexibility index (Phi) is 6.35. The Morgan fingerprint density at radius 1 is 1.20 bits per heavy atom. The number of rotatable bonds is 6. The second-order valence-corrected chi connectivity index (χ2v) is 7.56. The maximum Gasteiger partial charge on any atom is 0.224 e. The van der Waals surface area contributed by atoms with Crippen LogP contribution in [0.5, 0.6) is 5.75 Å². The number of amides is 1. The van der Waals surface area contributed by atoms with Crippen LogP contribution in [0.4, 0.5) is 5.69 Å². The molecule has 0 unspecified atom stereocenters. The van der Waals surface area contributed by atoms with Gasteiger partial charge >= 0.3 is 0 Å². The lowest BCUT2D eigenvalue weighted by molar-refractivity contribution is -0.116. The van der Waals surface area contributed by atoms with Crippen LogP contribution in [0.1, 0.15) is 28.8 Å². The number of aromatic nitrogens is 2. The fourth-order valence-corrected chi connectivity index (χ4v) is 3.59. The van der Waals surface area contributed by atoms with Gasteiger partial charge in [-0.25, -0.2) is 0 Å². The Morgan fingerprint density at radius 3 is 2.97 bits per heavy atom. The number of nitrogens with zero attached hydrogens (tertiary/aromatic N) is 3.